The number of Topliss-reactive ketones (excluding diaryl/α,β-unsaturated/α-hetero) is 1. The van der Waals surface area contributed by atoms with Gasteiger partial charge < -0.3 is 14.7 Å². The number of hydrogen-bond donors (Lipinski definition) is 1. The Morgan fingerprint density at radius 1 is 1.00 bits per heavy atom. The van der Waals surface area contributed by atoms with E-state index in [4.69, 9.17) is 4.74 Å². The number of ether oxygens (including phenoxy) is 1. The molecule has 0 saturated heterocycles. The van der Waals surface area contributed by atoms with Crippen LogP contribution in [0.5, 0.6) is 5.75 Å². The minimum absolute atomic E-state index is 0.315. The molecule has 0 saturated carbocycles. The predicted molar refractivity (Wildman–Crippen MR) is 115 cm³/mol. The number of ketones is 1. The Labute approximate surface area is 175 Å². The van der Waals surface area contributed by atoms with E-state index in [1.807, 2.05) is 42.5 Å². The van der Waals surface area contributed by atoms with Crippen molar-refractivity contribution in [3.63, 3.8) is 0 Å². The molecule has 1 heterocycles. The molecule has 0 bridgehead atoms. The van der Waals surface area contributed by atoms with Gasteiger partial charge in [-0.1, -0.05) is 60.7 Å². The highest BCUT2D eigenvalue weighted by Crippen LogP contribution is 2.43. The third-order valence-electron chi connectivity index (χ3n) is 5.51. The predicted octanol–water partition coefficient (Wildman–Crippen LogP) is 3.75. The normalized spacial score (nSPS) is 17.7. The van der Waals surface area contributed by atoms with Crippen molar-refractivity contribution < 1.29 is 19.4 Å². The number of fused-ring (bicyclic) bond motifs is 1. The first-order valence-electron chi connectivity index (χ1n) is 9.88. The molecule has 3 aromatic rings. The van der Waals surface area contributed by atoms with Crippen molar-refractivity contribution in [3.05, 3.63) is 95.6 Å². The van der Waals surface area contributed by atoms with Crippen LogP contribution >= 0.6 is 0 Å². The van der Waals surface area contributed by atoms with Gasteiger partial charge >= 0.3 is 0 Å². The summed E-state index contributed by atoms with van der Waals surface area (Å²) < 4.78 is 5.18. The summed E-state index contributed by atoms with van der Waals surface area (Å²) in [6.45, 7) is 0.426. The molecule has 0 fully saturated rings. The number of nitrogens with zero attached hydrogens (tertiary/aromatic N) is 1. The average Bonchev–Trinajstić information content (AvgIpc) is 3.00. The standard InChI is InChI=1S/C25H23NO4/c1-30-20-11-7-10-19(16-20)23(27)17-25(29)21-12-5-6-13-22(21)26(24(25)28)15-14-18-8-3-2-4-9-18/h2-13,16,29H,14-15,17H2,1H3. The van der Waals surface area contributed by atoms with Gasteiger partial charge in [-0.15, -0.1) is 0 Å². The zero-order chi connectivity index (χ0) is 21.1. The Morgan fingerprint density at radius 2 is 1.73 bits per heavy atom. The molecular formula is C25H23NO4. The van der Waals surface area contributed by atoms with Gasteiger partial charge in [0.25, 0.3) is 5.91 Å². The minimum atomic E-state index is -1.88. The van der Waals surface area contributed by atoms with E-state index < -0.39 is 11.5 Å². The smallest absolute Gasteiger partial charge is 0.264 e. The molecule has 0 aromatic heterocycles. The van der Waals surface area contributed by atoms with Gasteiger partial charge in [-0.25, -0.2) is 0 Å². The number of hydrogen-bond acceptors (Lipinski definition) is 4. The van der Waals surface area contributed by atoms with E-state index in [2.05, 4.69) is 0 Å². The van der Waals surface area contributed by atoms with E-state index in [0.29, 0.717) is 35.5 Å². The third kappa shape index (κ3) is 3.60. The molecule has 1 aliphatic rings. The van der Waals surface area contributed by atoms with Crippen LogP contribution in [0.25, 0.3) is 0 Å². The van der Waals surface area contributed by atoms with E-state index in [0.717, 1.165) is 5.56 Å². The van der Waals surface area contributed by atoms with Gasteiger partial charge in [-0.05, 0) is 30.2 Å². The summed E-state index contributed by atoms with van der Waals surface area (Å²) in [5.41, 5.74) is 0.744. The topological polar surface area (TPSA) is 66.8 Å². The van der Waals surface area contributed by atoms with Crippen LogP contribution < -0.4 is 9.64 Å². The zero-order valence-electron chi connectivity index (χ0n) is 16.7. The van der Waals surface area contributed by atoms with Crippen LogP contribution in [0, 0.1) is 0 Å². The van der Waals surface area contributed by atoms with Crippen molar-refractivity contribution in [1.29, 1.82) is 0 Å². The van der Waals surface area contributed by atoms with E-state index in [1.54, 1.807) is 41.3 Å². The number of carbonyl (C=O) groups excluding carboxylic acids is 2. The lowest BCUT2D eigenvalue weighted by Gasteiger charge is -2.23. The maximum atomic E-state index is 13.3. The number of anilines is 1. The first kappa shape index (κ1) is 19.9. The number of para-hydroxylation sites is 1. The molecule has 1 unspecified atom stereocenters. The van der Waals surface area contributed by atoms with Crippen molar-refractivity contribution in [1.82, 2.24) is 0 Å². The number of benzene rings is 3. The maximum Gasteiger partial charge on any atom is 0.264 e. The second-order valence-electron chi connectivity index (χ2n) is 7.40. The SMILES string of the molecule is COc1cccc(C(=O)CC2(O)C(=O)N(CCc3ccccc3)c3ccccc32)c1. The van der Waals surface area contributed by atoms with Gasteiger partial charge in [0.15, 0.2) is 11.4 Å². The third-order valence-corrected chi connectivity index (χ3v) is 5.51. The molecule has 1 atom stereocenters. The minimum Gasteiger partial charge on any atom is -0.497 e. The molecule has 30 heavy (non-hydrogen) atoms. The summed E-state index contributed by atoms with van der Waals surface area (Å²) in [5.74, 6) is -0.226. The summed E-state index contributed by atoms with van der Waals surface area (Å²) in [7, 11) is 1.53. The van der Waals surface area contributed by atoms with Crippen molar-refractivity contribution >= 4 is 17.4 Å². The van der Waals surface area contributed by atoms with Gasteiger partial charge in [0.2, 0.25) is 0 Å². The Balaban J connectivity index is 1.61. The Hall–Kier alpha value is -3.44. The quantitative estimate of drug-likeness (QED) is 0.613. The Morgan fingerprint density at radius 3 is 2.50 bits per heavy atom. The van der Waals surface area contributed by atoms with Gasteiger partial charge in [0.05, 0.1) is 19.2 Å². The summed E-state index contributed by atoms with van der Waals surface area (Å²) in [6, 6.07) is 23.7. The second-order valence-corrected chi connectivity index (χ2v) is 7.40. The number of rotatable bonds is 7. The fourth-order valence-electron chi connectivity index (χ4n) is 3.92. The second kappa shape index (κ2) is 8.13. The fraction of sp³-hybridized carbons (Fsp3) is 0.200. The van der Waals surface area contributed by atoms with Crippen molar-refractivity contribution in [3.8, 4) is 5.75 Å². The summed E-state index contributed by atoms with van der Waals surface area (Å²) in [6.07, 6.45) is 0.332. The van der Waals surface area contributed by atoms with Crippen molar-refractivity contribution in [2.45, 2.75) is 18.4 Å². The molecule has 5 heteroatoms. The maximum absolute atomic E-state index is 13.3. The van der Waals surface area contributed by atoms with E-state index >= 15 is 0 Å². The van der Waals surface area contributed by atoms with E-state index in [9.17, 15) is 14.7 Å². The highest BCUT2D eigenvalue weighted by molar-refractivity contribution is 6.10. The highest BCUT2D eigenvalue weighted by Gasteiger charge is 2.50. The lowest BCUT2D eigenvalue weighted by Crippen LogP contribution is -2.42. The number of amides is 1. The van der Waals surface area contributed by atoms with Crippen LogP contribution in [-0.4, -0.2) is 30.5 Å². The molecule has 3 aromatic carbocycles. The van der Waals surface area contributed by atoms with E-state index in [1.165, 1.54) is 7.11 Å². The van der Waals surface area contributed by atoms with Crippen LogP contribution in [0.2, 0.25) is 0 Å². The summed E-state index contributed by atoms with van der Waals surface area (Å²) >= 11 is 0. The Kier molecular flexibility index (Phi) is 5.38. The van der Waals surface area contributed by atoms with Crippen LogP contribution in [0.1, 0.15) is 27.9 Å². The molecular weight excluding hydrogens is 378 g/mol. The number of methoxy groups -OCH3 is 1. The first-order valence-corrected chi connectivity index (χ1v) is 9.88. The molecule has 4 rings (SSSR count). The molecule has 1 N–H and O–H groups in total. The van der Waals surface area contributed by atoms with E-state index in [-0.39, 0.29) is 12.2 Å². The zero-order valence-corrected chi connectivity index (χ0v) is 16.7. The van der Waals surface area contributed by atoms with Gasteiger partial charge in [0.1, 0.15) is 5.75 Å². The monoisotopic (exact) mass is 401 g/mol. The van der Waals surface area contributed by atoms with Gasteiger partial charge in [0, 0.05) is 17.7 Å². The summed E-state index contributed by atoms with van der Waals surface area (Å²) in [4.78, 5) is 27.8. The van der Waals surface area contributed by atoms with Crippen molar-refractivity contribution in [2.75, 3.05) is 18.6 Å². The van der Waals surface area contributed by atoms with Gasteiger partial charge in [-0.2, -0.15) is 0 Å². The Bertz CT molecular complexity index is 1080. The van der Waals surface area contributed by atoms with Crippen LogP contribution in [0.3, 0.4) is 0 Å². The number of carbonyl (C=O) groups is 2. The largest absolute Gasteiger partial charge is 0.497 e. The lowest BCUT2D eigenvalue weighted by molar-refractivity contribution is -0.135. The van der Waals surface area contributed by atoms with Crippen LogP contribution in [0.15, 0.2) is 78.9 Å². The molecule has 0 radical (unpaired) electrons. The summed E-state index contributed by atoms with van der Waals surface area (Å²) in [5, 5.41) is 11.4. The highest BCUT2D eigenvalue weighted by atomic mass is 16.5. The molecule has 0 aliphatic carbocycles. The molecule has 152 valence electrons. The molecule has 1 aliphatic heterocycles. The molecule has 0 spiro atoms. The lowest BCUT2D eigenvalue weighted by atomic mass is 9.88. The first-order chi connectivity index (χ1) is 14.5. The molecule has 1 amide bonds. The average molecular weight is 401 g/mol. The van der Waals surface area contributed by atoms with Gasteiger partial charge in [-0.3, -0.25) is 9.59 Å². The van der Waals surface area contributed by atoms with Crippen LogP contribution in [-0.2, 0) is 16.8 Å². The van der Waals surface area contributed by atoms with Crippen molar-refractivity contribution in [2.24, 2.45) is 0 Å². The van der Waals surface area contributed by atoms with Crippen LogP contribution in [0.4, 0.5) is 5.69 Å². The fourth-order valence-corrected chi connectivity index (χ4v) is 3.92. The molecule has 5 nitrogen and oxygen atoms in total. The number of aliphatic hydroxyl groups is 1.